The van der Waals surface area contributed by atoms with Crippen LogP contribution in [0.3, 0.4) is 0 Å². The summed E-state index contributed by atoms with van der Waals surface area (Å²) in [6.45, 7) is 3.92. The molecule has 17 heavy (non-hydrogen) atoms. The van der Waals surface area contributed by atoms with E-state index in [1.54, 1.807) is 0 Å². The summed E-state index contributed by atoms with van der Waals surface area (Å²) in [5.41, 5.74) is 1.64. The number of hydrogen-bond donors (Lipinski definition) is 1. The van der Waals surface area contributed by atoms with Crippen molar-refractivity contribution in [2.24, 2.45) is 5.92 Å². The molecule has 1 aliphatic heterocycles. The maximum Gasteiger partial charge on any atom is 0.178 e. The van der Waals surface area contributed by atoms with Gasteiger partial charge in [0.05, 0.1) is 11.1 Å². The van der Waals surface area contributed by atoms with Gasteiger partial charge in [-0.3, -0.25) is 4.79 Å². The lowest BCUT2D eigenvalue weighted by atomic mass is 9.93. The summed E-state index contributed by atoms with van der Waals surface area (Å²) >= 11 is 3.42. The molecule has 0 saturated carbocycles. The SMILES string of the molecule is CC(C)C1Oc2c(Br)cc(CO)cc2CC1=O. The molecule has 1 aliphatic rings. The van der Waals surface area contributed by atoms with E-state index in [1.807, 2.05) is 26.0 Å². The number of ketones is 1. The number of fused-ring (bicyclic) bond motifs is 1. The van der Waals surface area contributed by atoms with Crippen molar-refractivity contribution in [1.29, 1.82) is 0 Å². The smallest absolute Gasteiger partial charge is 0.178 e. The predicted molar refractivity (Wildman–Crippen MR) is 68.0 cm³/mol. The molecule has 0 saturated heterocycles. The van der Waals surface area contributed by atoms with Crippen LogP contribution in [-0.4, -0.2) is 17.0 Å². The van der Waals surface area contributed by atoms with E-state index >= 15 is 0 Å². The number of rotatable bonds is 2. The van der Waals surface area contributed by atoms with Gasteiger partial charge in [-0.2, -0.15) is 0 Å². The van der Waals surface area contributed by atoms with Crippen LogP contribution in [0, 0.1) is 5.92 Å². The number of Topliss-reactive ketones (excluding diaryl/α,β-unsaturated/α-hetero) is 1. The Morgan fingerprint density at radius 2 is 2.24 bits per heavy atom. The molecule has 1 aromatic rings. The Balaban J connectivity index is 2.41. The number of carbonyl (C=O) groups excluding carboxylic acids is 1. The van der Waals surface area contributed by atoms with Gasteiger partial charge in [0.2, 0.25) is 0 Å². The summed E-state index contributed by atoms with van der Waals surface area (Å²) in [4.78, 5) is 11.9. The molecular formula is C13H15BrO3. The molecule has 1 N–H and O–H groups in total. The van der Waals surface area contributed by atoms with Gasteiger partial charge in [0, 0.05) is 12.0 Å². The number of ether oxygens (including phenoxy) is 1. The second-order valence-corrected chi connectivity index (χ2v) is 5.50. The van der Waals surface area contributed by atoms with E-state index in [4.69, 9.17) is 9.84 Å². The van der Waals surface area contributed by atoms with Gasteiger partial charge in [0.1, 0.15) is 5.75 Å². The average molecular weight is 299 g/mol. The quantitative estimate of drug-likeness (QED) is 0.912. The highest BCUT2D eigenvalue weighted by Crippen LogP contribution is 2.36. The minimum absolute atomic E-state index is 0.0340. The third-order valence-corrected chi connectivity index (χ3v) is 3.48. The summed E-state index contributed by atoms with van der Waals surface area (Å²) in [5, 5.41) is 9.12. The zero-order valence-electron chi connectivity index (χ0n) is 9.87. The Kier molecular flexibility index (Phi) is 3.54. The fourth-order valence-corrected chi connectivity index (χ4v) is 2.70. The first-order valence-electron chi connectivity index (χ1n) is 5.64. The van der Waals surface area contributed by atoms with Gasteiger partial charge >= 0.3 is 0 Å². The summed E-state index contributed by atoms with van der Waals surface area (Å²) in [7, 11) is 0. The van der Waals surface area contributed by atoms with Crippen LogP contribution in [0.25, 0.3) is 0 Å². The Bertz CT molecular complexity index is 454. The van der Waals surface area contributed by atoms with Crippen LogP contribution in [0.1, 0.15) is 25.0 Å². The van der Waals surface area contributed by atoms with Crippen molar-refractivity contribution in [3.63, 3.8) is 0 Å². The van der Waals surface area contributed by atoms with Crippen molar-refractivity contribution in [1.82, 2.24) is 0 Å². The van der Waals surface area contributed by atoms with Crippen molar-refractivity contribution >= 4 is 21.7 Å². The number of halogens is 1. The van der Waals surface area contributed by atoms with Crippen LogP contribution < -0.4 is 4.74 Å². The van der Waals surface area contributed by atoms with E-state index in [0.29, 0.717) is 6.42 Å². The summed E-state index contributed by atoms with van der Waals surface area (Å²) in [5.74, 6) is 1.01. The standard InChI is InChI=1S/C13H15BrO3/c1-7(2)12-11(16)5-9-3-8(6-15)4-10(14)13(9)17-12/h3-4,7,12,15H,5-6H2,1-2H3. The summed E-state index contributed by atoms with van der Waals surface area (Å²) in [6.07, 6.45) is 0.0173. The molecule has 0 bridgehead atoms. The highest BCUT2D eigenvalue weighted by molar-refractivity contribution is 9.10. The van der Waals surface area contributed by atoms with Crippen LogP contribution >= 0.6 is 15.9 Å². The zero-order valence-corrected chi connectivity index (χ0v) is 11.5. The van der Waals surface area contributed by atoms with Gasteiger partial charge in [-0.25, -0.2) is 0 Å². The van der Waals surface area contributed by atoms with Crippen molar-refractivity contribution in [3.05, 3.63) is 27.7 Å². The van der Waals surface area contributed by atoms with Crippen LogP contribution in [0.5, 0.6) is 5.75 Å². The fraction of sp³-hybridized carbons (Fsp3) is 0.462. The molecule has 0 aliphatic carbocycles. The molecular weight excluding hydrogens is 284 g/mol. The minimum atomic E-state index is -0.362. The molecule has 2 rings (SSSR count). The van der Waals surface area contributed by atoms with Gasteiger partial charge in [-0.05, 0) is 39.5 Å². The topological polar surface area (TPSA) is 46.5 Å². The molecule has 1 aromatic carbocycles. The van der Waals surface area contributed by atoms with Gasteiger partial charge in [0.15, 0.2) is 11.9 Å². The van der Waals surface area contributed by atoms with Crippen LogP contribution in [-0.2, 0) is 17.8 Å². The maximum absolute atomic E-state index is 11.9. The molecule has 3 nitrogen and oxygen atoms in total. The molecule has 1 atom stereocenters. The van der Waals surface area contributed by atoms with Crippen molar-refractivity contribution in [2.75, 3.05) is 0 Å². The molecule has 4 heteroatoms. The fourth-order valence-electron chi connectivity index (χ4n) is 2.06. The van der Waals surface area contributed by atoms with Crippen LogP contribution in [0.15, 0.2) is 16.6 Å². The van der Waals surface area contributed by atoms with E-state index in [-0.39, 0.29) is 24.4 Å². The first kappa shape index (κ1) is 12.6. The highest BCUT2D eigenvalue weighted by atomic mass is 79.9. The zero-order chi connectivity index (χ0) is 12.6. The van der Waals surface area contributed by atoms with E-state index < -0.39 is 0 Å². The second kappa shape index (κ2) is 4.78. The van der Waals surface area contributed by atoms with Crippen molar-refractivity contribution in [3.8, 4) is 5.75 Å². The minimum Gasteiger partial charge on any atom is -0.481 e. The molecule has 0 spiro atoms. The monoisotopic (exact) mass is 298 g/mol. The predicted octanol–water partition coefficient (Wildman–Crippen LogP) is 2.47. The van der Waals surface area contributed by atoms with E-state index in [2.05, 4.69) is 15.9 Å². The Labute approximate surface area is 109 Å². The number of aliphatic hydroxyl groups excluding tert-OH is 1. The average Bonchev–Trinajstić information content (AvgIpc) is 2.27. The number of hydrogen-bond acceptors (Lipinski definition) is 3. The van der Waals surface area contributed by atoms with Gasteiger partial charge < -0.3 is 9.84 Å². The lowest BCUT2D eigenvalue weighted by molar-refractivity contribution is -0.128. The normalized spacial score (nSPS) is 19.1. The Morgan fingerprint density at radius 3 is 2.82 bits per heavy atom. The largest absolute Gasteiger partial charge is 0.481 e. The van der Waals surface area contributed by atoms with Crippen LogP contribution in [0.2, 0.25) is 0 Å². The first-order valence-corrected chi connectivity index (χ1v) is 6.43. The third kappa shape index (κ3) is 2.38. The maximum atomic E-state index is 11.9. The van der Waals surface area contributed by atoms with Crippen molar-refractivity contribution in [2.45, 2.75) is 33.0 Å². The lowest BCUT2D eigenvalue weighted by Gasteiger charge is -2.28. The van der Waals surface area contributed by atoms with Crippen molar-refractivity contribution < 1.29 is 14.6 Å². The lowest BCUT2D eigenvalue weighted by Crippen LogP contribution is -2.37. The molecule has 1 unspecified atom stereocenters. The summed E-state index contributed by atoms with van der Waals surface area (Å²) < 4.78 is 6.56. The van der Waals surface area contributed by atoms with Crippen LogP contribution in [0.4, 0.5) is 0 Å². The van der Waals surface area contributed by atoms with E-state index in [0.717, 1.165) is 21.3 Å². The molecule has 0 radical (unpaired) electrons. The Morgan fingerprint density at radius 1 is 1.53 bits per heavy atom. The highest BCUT2D eigenvalue weighted by Gasteiger charge is 2.31. The van der Waals surface area contributed by atoms with Gasteiger partial charge in [0.25, 0.3) is 0 Å². The van der Waals surface area contributed by atoms with E-state index in [1.165, 1.54) is 0 Å². The molecule has 0 amide bonds. The number of aliphatic hydroxyl groups is 1. The van der Waals surface area contributed by atoms with Gasteiger partial charge in [-0.15, -0.1) is 0 Å². The Hall–Kier alpha value is -0.870. The molecule has 0 fully saturated rings. The molecule has 1 heterocycles. The second-order valence-electron chi connectivity index (χ2n) is 4.65. The molecule has 92 valence electrons. The van der Waals surface area contributed by atoms with E-state index in [9.17, 15) is 4.79 Å². The number of carbonyl (C=O) groups is 1. The summed E-state index contributed by atoms with van der Waals surface area (Å²) in [6, 6.07) is 3.65. The third-order valence-electron chi connectivity index (χ3n) is 2.90. The van der Waals surface area contributed by atoms with Gasteiger partial charge in [-0.1, -0.05) is 13.8 Å². The first-order chi connectivity index (χ1) is 8.02. The number of benzene rings is 1. The molecule has 0 aromatic heterocycles.